The van der Waals surface area contributed by atoms with Gasteiger partial charge in [-0.25, -0.2) is 0 Å². The third-order valence-electron chi connectivity index (χ3n) is 3.11. The fraction of sp³-hybridized carbons (Fsp3) is 0.429. The van der Waals surface area contributed by atoms with E-state index in [1.54, 1.807) is 0 Å². The van der Waals surface area contributed by atoms with Crippen LogP contribution >= 0.6 is 0 Å². The lowest BCUT2D eigenvalue weighted by Gasteiger charge is -2.17. The number of rotatable bonds is 2. The van der Waals surface area contributed by atoms with E-state index in [1.807, 2.05) is 39.8 Å². The Balaban J connectivity index is 3.47. The van der Waals surface area contributed by atoms with Gasteiger partial charge in [-0.2, -0.15) is 10.5 Å². The highest BCUT2D eigenvalue weighted by molar-refractivity contribution is 5.46. The average molecular weight is 212 g/mol. The van der Waals surface area contributed by atoms with Crippen LogP contribution in [0.25, 0.3) is 0 Å². The lowest BCUT2D eigenvalue weighted by Crippen LogP contribution is -2.04. The molecule has 0 saturated carbocycles. The standard InChI is InChI=1S/C14H16N2/c1-9-5-6-13(10(2)7-15)14(12(9)4)11(3)8-16/h5-6,10-11H,1-4H3. The summed E-state index contributed by atoms with van der Waals surface area (Å²) in [5.41, 5.74) is 4.32. The van der Waals surface area contributed by atoms with Gasteiger partial charge in [0.15, 0.2) is 0 Å². The summed E-state index contributed by atoms with van der Waals surface area (Å²) >= 11 is 0. The summed E-state index contributed by atoms with van der Waals surface area (Å²) in [5, 5.41) is 18.0. The zero-order chi connectivity index (χ0) is 12.3. The highest BCUT2D eigenvalue weighted by Gasteiger charge is 2.17. The molecule has 0 aliphatic rings. The molecule has 0 amide bonds. The van der Waals surface area contributed by atoms with E-state index < -0.39 is 0 Å². The molecule has 16 heavy (non-hydrogen) atoms. The molecule has 82 valence electrons. The molecule has 0 heterocycles. The van der Waals surface area contributed by atoms with Gasteiger partial charge in [-0.05, 0) is 49.9 Å². The number of hydrogen-bond acceptors (Lipinski definition) is 2. The second-order valence-electron chi connectivity index (χ2n) is 4.21. The quantitative estimate of drug-likeness (QED) is 0.752. The summed E-state index contributed by atoms with van der Waals surface area (Å²) in [6, 6.07) is 8.49. The topological polar surface area (TPSA) is 47.6 Å². The van der Waals surface area contributed by atoms with E-state index in [-0.39, 0.29) is 11.8 Å². The Kier molecular flexibility index (Phi) is 3.69. The van der Waals surface area contributed by atoms with Gasteiger partial charge in [0.05, 0.1) is 24.0 Å². The van der Waals surface area contributed by atoms with Gasteiger partial charge in [0.25, 0.3) is 0 Å². The first-order valence-corrected chi connectivity index (χ1v) is 5.42. The fourth-order valence-electron chi connectivity index (χ4n) is 1.94. The minimum atomic E-state index is -0.162. The normalized spacial score (nSPS) is 13.6. The van der Waals surface area contributed by atoms with Gasteiger partial charge < -0.3 is 0 Å². The first kappa shape index (κ1) is 12.3. The zero-order valence-corrected chi connectivity index (χ0v) is 10.2. The van der Waals surface area contributed by atoms with Gasteiger partial charge in [-0.3, -0.25) is 0 Å². The monoisotopic (exact) mass is 212 g/mol. The molecule has 0 aromatic heterocycles. The Hall–Kier alpha value is -1.80. The largest absolute Gasteiger partial charge is 0.198 e. The van der Waals surface area contributed by atoms with Crippen molar-refractivity contribution in [2.24, 2.45) is 0 Å². The molecule has 0 aliphatic heterocycles. The summed E-state index contributed by atoms with van der Waals surface area (Å²) in [5.74, 6) is -0.323. The van der Waals surface area contributed by atoms with Crippen molar-refractivity contribution in [3.63, 3.8) is 0 Å². The van der Waals surface area contributed by atoms with Crippen LogP contribution in [0.2, 0.25) is 0 Å². The van der Waals surface area contributed by atoms with Gasteiger partial charge in [0.2, 0.25) is 0 Å². The minimum Gasteiger partial charge on any atom is -0.198 e. The van der Waals surface area contributed by atoms with Gasteiger partial charge in [0, 0.05) is 0 Å². The SMILES string of the molecule is Cc1ccc(C(C)C#N)c(C(C)C#N)c1C. The number of nitrogens with zero attached hydrogens (tertiary/aromatic N) is 2. The van der Waals surface area contributed by atoms with E-state index in [1.165, 1.54) is 5.56 Å². The molecule has 1 aromatic carbocycles. The van der Waals surface area contributed by atoms with Crippen molar-refractivity contribution in [1.29, 1.82) is 10.5 Å². The Morgan fingerprint density at radius 3 is 2.06 bits per heavy atom. The summed E-state index contributed by atoms with van der Waals surface area (Å²) in [4.78, 5) is 0. The molecule has 1 rings (SSSR count). The second-order valence-corrected chi connectivity index (χ2v) is 4.21. The molecule has 0 fully saturated rings. The second kappa shape index (κ2) is 4.81. The number of benzene rings is 1. The van der Waals surface area contributed by atoms with Crippen LogP contribution in [-0.4, -0.2) is 0 Å². The molecule has 0 spiro atoms. The summed E-state index contributed by atoms with van der Waals surface area (Å²) in [7, 11) is 0. The molecular formula is C14H16N2. The van der Waals surface area contributed by atoms with Crippen molar-refractivity contribution in [3.05, 3.63) is 34.4 Å². The molecule has 0 N–H and O–H groups in total. The number of nitriles is 2. The molecule has 2 heteroatoms. The van der Waals surface area contributed by atoms with Crippen molar-refractivity contribution in [2.75, 3.05) is 0 Å². The maximum absolute atomic E-state index is 9.05. The first-order valence-electron chi connectivity index (χ1n) is 5.42. The molecule has 1 aromatic rings. The van der Waals surface area contributed by atoms with Gasteiger partial charge in [-0.15, -0.1) is 0 Å². The van der Waals surface area contributed by atoms with E-state index in [2.05, 4.69) is 12.1 Å². The molecule has 2 nitrogen and oxygen atoms in total. The van der Waals surface area contributed by atoms with Crippen molar-refractivity contribution < 1.29 is 0 Å². The summed E-state index contributed by atoms with van der Waals surface area (Å²) in [6.45, 7) is 7.81. The van der Waals surface area contributed by atoms with E-state index in [9.17, 15) is 0 Å². The predicted molar refractivity (Wildman–Crippen MR) is 64.0 cm³/mol. The maximum Gasteiger partial charge on any atom is 0.0701 e. The van der Waals surface area contributed by atoms with Gasteiger partial charge >= 0.3 is 0 Å². The first-order chi connectivity index (χ1) is 7.52. The highest BCUT2D eigenvalue weighted by atomic mass is 14.3. The molecule has 2 unspecified atom stereocenters. The van der Waals surface area contributed by atoms with E-state index in [0.717, 1.165) is 16.7 Å². The van der Waals surface area contributed by atoms with Crippen LogP contribution in [0.4, 0.5) is 0 Å². The Labute approximate surface area is 97.1 Å². The zero-order valence-electron chi connectivity index (χ0n) is 10.2. The van der Waals surface area contributed by atoms with E-state index in [4.69, 9.17) is 10.5 Å². The number of aryl methyl sites for hydroxylation is 1. The van der Waals surface area contributed by atoms with Crippen molar-refractivity contribution in [3.8, 4) is 12.1 Å². The van der Waals surface area contributed by atoms with Crippen molar-refractivity contribution >= 4 is 0 Å². The number of hydrogen-bond donors (Lipinski definition) is 0. The van der Waals surface area contributed by atoms with Crippen LogP contribution in [-0.2, 0) is 0 Å². The van der Waals surface area contributed by atoms with Gasteiger partial charge in [0.1, 0.15) is 0 Å². The predicted octanol–water partition coefficient (Wildman–Crippen LogP) is 3.56. The summed E-state index contributed by atoms with van der Waals surface area (Å²) in [6.07, 6.45) is 0. The van der Waals surface area contributed by atoms with Gasteiger partial charge in [-0.1, -0.05) is 12.1 Å². The molecule has 0 bridgehead atoms. The fourth-order valence-corrected chi connectivity index (χ4v) is 1.94. The molecule has 0 aliphatic carbocycles. The lowest BCUT2D eigenvalue weighted by atomic mass is 9.85. The smallest absolute Gasteiger partial charge is 0.0701 e. The van der Waals surface area contributed by atoms with E-state index in [0.29, 0.717) is 0 Å². The van der Waals surface area contributed by atoms with Crippen LogP contribution < -0.4 is 0 Å². The summed E-state index contributed by atoms with van der Waals surface area (Å²) < 4.78 is 0. The molecular weight excluding hydrogens is 196 g/mol. The Bertz CT molecular complexity index is 475. The van der Waals surface area contributed by atoms with Crippen molar-refractivity contribution in [1.82, 2.24) is 0 Å². The third-order valence-corrected chi connectivity index (χ3v) is 3.11. The van der Waals surface area contributed by atoms with Crippen LogP contribution in [0.1, 0.15) is 47.9 Å². The highest BCUT2D eigenvalue weighted by Crippen LogP contribution is 2.30. The third kappa shape index (κ3) is 2.07. The minimum absolute atomic E-state index is 0.161. The lowest BCUT2D eigenvalue weighted by molar-refractivity contribution is 0.881. The molecule has 0 saturated heterocycles. The van der Waals surface area contributed by atoms with Crippen LogP contribution in [0.15, 0.2) is 12.1 Å². The molecule has 2 atom stereocenters. The molecule has 0 radical (unpaired) electrons. The Morgan fingerprint density at radius 2 is 1.56 bits per heavy atom. The Morgan fingerprint density at radius 1 is 1.00 bits per heavy atom. The van der Waals surface area contributed by atoms with Crippen LogP contribution in [0.5, 0.6) is 0 Å². The van der Waals surface area contributed by atoms with Crippen LogP contribution in [0, 0.1) is 36.5 Å². The van der Waals surface area contributed by atoms with Crippen LogP contribution in [0.3, 0.4) is 0 Å². The van der Waals surface area contributed by atoms with E-state index >= 15 is 0 Å². The average Bonchev–Trinajstić information content (AvgIpc) is 2.30. The van der Waals surface area contributed by atoms with Crippen molar-refractivity contribution in [2.45, 2.75) is 39.5 Å². The maximum atomic E-state index is 9.05.